The molecule has 1 atom stereocenters. The fourth-order valence-electron chi connectivity index (χ4n) is 4.05. The van der Waals surface area contributed by atoms with Crippen molar-refractivity contribution in [1.82, 2.24) is 9.88 Å². The van der Waals surface area contributed by atoms with Crippen molar-refractivity contribution < 1.29 is 9.53 Å². The summed E-state index contributed by atoms with van der Waals surface area (Å²) in [5, 5.41) is 1.06. The second-order valence-electron chi connectivity index (χ2n) is 7.42. The molecular formula is C22H23N3O2S. The van der Waals surface area contributed by atoms with Crippen molar-refractivity contribution in [3.63, 3.8) is 0 Å². The quantitative estimate of drug-likeness (QED) is 0.673. The van der Waals surface area contributed by atoms with E-state index in [1.54, 1.807) is 11.3 Å². The summed E-state index contributed by atoms with van der Waals surface area (Å²) in [4.78, 5) is 22.1. The largest absolute Gasteiger partial charge is 0.477 e. The first kappa shape index (κ1) is 17.5. The lowest BCUT2D eigenvalue weighted by atomic mass is 10.1. The van der Waals surface area contributed by atoms with Gasteiger partial charge in [0.25, 0.3) is 5.91 Å². The number of carbonyl (C=O) groups is 1. The predicted molar refractivity (Wildman–Crippen MR) is 112 cm³/mol. The van der Waals surface area contributed by atoms with Gasteiger partial charge in [-0.2, -0.15) is 0 Å². The molecule has 1 saturated heterocycles. The number of hydrogen-bond donors (Lipinski definition) is 0. The first-order valence-corrected chi connectivity index (χ1v) is 10.7. The van der Waals surface area contributed by atoms with Crippen LogP contribution in [0.25, 0.3) is 10.2 Å². The van der Waals surface area contributed by atoms with E-state index in [-0.39, 0.29) is 5.91 Å². The molecule has 2 aliphatic rings. The number of nitrogens with zero attached hydrogens (tertiary/aromatic N) is 3. The van der Waals surface area contributed by atoms with Crippen molar-refractivity contribution in [3.05, 3.63) is 53.5 Å². The van der Waals surface area contributed by atoms with Gasteiger partial charge in [-0.1, -0.05) is 24.3 Å². The monoisotopic (exact) mass is 393 g/mol. The summed E-state index contributed by atoms with van der Waals surface area (Å²) in [6.07, 6.45) is 2.93. The average Bonchev–Trinajstić information content (AvgIpc) is 3.16. The minimum Gasteiger partial charge on any atom is -0.477 e. The first-order valence-electron chi connectivity index (χ1n) is 9.92. The van der Waals surface area contributed by atoms with Crippen LogP contribution in [-0.4, -0.2) is 41.5 Å². The fraction of sp³-hybridized carbons (Fsp3) is 0.364. The van der Waals surface area contributed by atoms with Crippen molar-refractivity contribution in [2.24, 2.45) is 0 Å². The average molecular weight is 394 g/mol. The minimum absolute atomic E-state index is 0.114. The second kappa shape index (κ2) is 7.43. The van der Waals surface area contributed by atoms with E-state index >= 15 is 0 Å². The zero-order valence-corrected chi connectivity index (χ0v) is 16.5. The van der Waals surface area contributed by atoms with Gasteiger partial charge in [0.1, 0.15) is 10.8 Å². The summed E-state index contributed by atoms with van der Waals surface area (Å²) in [5.41, 5.74) is 2.06. The maximum absolute atomic E-state index is 13.1. The van der Waals surface area contributed by atoms with Gasteiger partial charge in [-0.15, -0.1) is 11.3 Å². The lowest BCUT2D eigenvalue weighted by Crippen LogP contribution is -2.51. The highest BCUT2D eigenvalue weighted by Gasteiger charge is 2.34. The Labute approximate surface area is 168 Å². The van der Waals surface area contributed by atoms with Crippen molar-refractivity contribution >= 4 is 33.1 Å². The van der Waals surface area contributed by atoms with E-state index in [1.807, 2.05) is 41.3 Å². The molecule has 5 nitrogen and oxygen atoms in total. The van der Waals surface area contributed by atoms with Crippen LogP contribution in [-0.2, 0) is 11.3 Å². The van der Waals surface area contributed by atoms with E-state index in [2.05, 4.69) is 17.0 Å². The van der Waals surface area contributed by atoms with Crippen LogP contribution in [0.2, 0.25) is 0 Å². The lowest BCUT2D eigenvalue weighted by Gasteiger charge is -2.38. The van der Waals surface area contributed by atoms with Gasteiger partial charge in [-0.05, 0) is 43.5 Å². The molecule has 3 aromatic rings. The third-order valence-electron chi connectivity index (χ3n) is 5.47. The number of para-hydroxylation sites is 3. The van der Waals surface area contributed by atoms with Crippen LogP contribution in [0.3, 0.4) is 0 Å². The van der Waals surface area contributed by atoms with Crippen LogP contribution in [0.15, 0.2) is 48.5 Å². The standard InChI is InChI=1S/C22H23N3O2S/c26-22(24-12-6-1-7-13-24)19-14-25(17-9-3-4-10-18(17)27-19)15-21-23-16-8-2-5-11-20(16)28-21/h2-5,8-11,19H,1,6-7,12-15H2/t19-/m0/s1. The van der Waals surface area contributed by atoms with Crippen LogP contribution >= 0.6 is 11.3 Å². The summed E-state index contributed by atoms with van der Waals surface area (Å²) in [7, 11) is 0. The number of hydrogen-bond acceptors (Lipinski definition) is 5. The molecule has 5 rings (SSSR count). The molecule has 28 heavy (non-hydrogen) atoms. The SMILES string of the molecule is O=C([C@@H]1CN(Cc2nc3ccccc3s2)c2ccccc2O1)N1CCCCC1. The van der Waals surface area contributed by atoms with Gasteiger partial charge in [0.15, 0.2) is 6.10 Å². The molecule has 1 aromatic heterocycles. The van der Waals surface area contributed by atoms with Crippen molar-refractivity contribution in [3.8, 4) is 5.75 Å². The van der Waals surface area contributed by atoms with Crippen LogP contribution in [0, 0.1) is 0 Å². The number of ether oxygens (including phenoxy) is 1. The van der Waals surface area contributed by atoms with Gasteiger partial charge < -0.3 is 14.5 Å². The molecule has 0 bridgehead atoms. The van der Waals surface area contributed by atoms with E-state index in [1.165, 1.54) is 11.1 Å². The molecule has 3 heterocycles. The van der Waals surface area contributed by atoms with E-state index in [0.717, 1.165) is 47.9 Å². The van der Waals surface area contributed by atoms with Gasteiger partial charge in [0, 0.05) is 13.1 Å². The molecular weight excluding hydrogens is 370 g/mol. The molecule has 0 unspecified atom stereocenters. The zero-order valence-electron chi connectivity index (χ0n) is 15.7. The Morgan fingerprint density at radius 3 is 2.71 bits per heavy atom. The number of piperidine rings is 1. The third kappa shape index (κ3) is 3.33. The van der Waals surface area contributed by atoms with Crippen molar-refractivity contribution in [2.45, 2.75) is 31.9 Å². The Kier molecular flexibility index (Phi) is 4.64. The summed E-state index contributed by atoms with van der Waals surface area (Å²) < 4.78 is 7.32. The van der Waals surface area contributed by atoms with Gasteiger partial charge in [0.2, 0.25) is 0 Å². The Balaban J connectivity index is 1.41. The second-order valence-corrected chi connectivity index (χ2v) is 8.53. The number of thiazole rings is 1. The van der Waals surface area contributed by atoms with E-state index in [0.29, 0.717) is 13.1 Å². The van der Waals surface area contributed by atoms with E-state index < -0.39 is 6.10 Å². The van der Waals surface area contributed by atoms with Crippen LogP contribution in [0.1, 0.15) is 24.3 Å². The number of aromatic nitrogens is 1. The summed E-state index contributed by atoms with van der Waals surface area (Å²) >= 11 is 1.71. The number of benzene rings is 2. The highest BCUT2D eigenvalue weighted by molar-refractivity contribution is 7.18. The molecule has 1 fully saturated rings. The Hall–Kier alpha value is -2.60. The Bertz CT molecular complexity index is 963. The number of likely N-dealkylation sites (tertiary alicyclic amines) is 1. The summed E-state index contributed by atoms with van der Waals surface area (Å²) in [6.45, 7) is 2.93. The smallest absolute Gasteiger partial charge is 0.265 e. The topological polar surface area (TPSA) is 45.7 Å². The number of carbonyl (C=O) groups excluding carboxylic acids is 1. The molecule has 0 spiro atoms. The van der Waals surface area contributed by atoms with Crippen molar-refractivity contribution in [2.75, 3.05) is 24.5 Å². The van der Waals surface area contributed by atoms with Gasteiger partial charge >= 0.3 is 0 Å². The lowest BCUT2D eigenvalue weighted by molar-refractivity contribution is -0.139. The van der Waals surface area contributed by atoms with Gasteiger partial charge in [-0.3, -0.25) is 4.79 Å². The molecule has 0 aliphatic carbocycles. The maximum Gasteiger partial charge on any atom is 0.265 e. The van der Waals surface area contributed by atoms with Crippen LogP contribution < -0.4 is 9.64 Å². The Morgan fingerprint density at radius 1 is 1.07 bits per heavy atom. The highest BCUT2D eigenvalue weighted by Crippen LogP contribution is 2.35. The normalized spacial score (nSPS) is 19.4. The molecule has 2 aromatic carbocycles. The van der Waals surface area contributed by atoms with Crippen LogP contribution in [0.4, 0.5) is 5.69 Å². The highest BCUT2D eigenvalue weighted by atomic mass is 32.1. The molecule has 0 saturated carbocycles. The van der Waals surface area contributed by atoms with Crippen LogP contribution in [0.5, 0.6) is 5.75 Å². The number of fused-ring (bicyclic) bond motifs is 2. The summed E-state index contributed by atoms with van der Waals surface area (Å²) in [6, 6.07) is 16.2. The minimum atomic E-state index is -0.456. The fourth-order valence-corrected chi connectivity index (χ4v) is 5.04. The molecule has 144 valence electrons. The number of anilines is 1. The van der Waals surface area contributed by atoms with Gasteiger partial charge in [0.05, 0.1) is 29.0 Å². The van der Waals surface area contributed by atoms with E-state index in [4.69, 9.17) is 9.72 Å². The molecule has 0 N–H and O–H groups in total. The maximum atomic E-state index is 13.1. The first-order chi connectivity index (χ1) is 13.8. The number of amides is 1. The molecule has 2 aliphatic heterocycles. The third-order valence-corrected chi connectivity index (χ3v) is 6.49. The number of rotatable bonds is 3. The molecule has 1 amide bonds. The molecule has 0 radical (unpaired) electrons. The predicted octanol–water partition coefficient (Wildman–Crippen LogP) is 4.08. The zero-order chi connectivity index (χ0) is 18.9. The molecule has 6 heteroatoms. The van der Waals surface area contributed by atoms with E-state index in [9.17, 15) is 4.79 Å². The summed E-state index contributed by atoms with van der Waals surface area (Å²) in [5.74, 6) is 0.897. The van der Waals surface area contributed by atoms with Gasteiger partial charge in [-0.25, -0.2) is 4.98 Å². The van der Waals surface area contributed by atoms with Crippen molar-refractivity contribution in [1.29, 1.82) is 0 Å². The Morgan fingerprint density at radius 2 is 1.86 bits per heavy atom.